The zero-order valence-electron chi connectivity index (χ0n) is 14.6. The fourth-order valence-corrected chi connectivity index (χ4v) is 3.72. The lowest BCUT2D eigenvalue weighted by Crippen LogP contribution is -2.30. The lowest BCUT2D eigenvalue weighted by Gasteiger charge is -2.27. The molecular weight excluding hydrogens is 333 g/mol. The third kappa shape index (κ3) is 3.52. The van der Waals surface area contributed by atoms with Crippen LogP contribution in [0.5, 0.6) is 11.5 Å². The number of fused-ring (bicyclic) bond motifs is 1. The Morgan fingerprint density at radius 1 is 1.08 bits per heavy atom. The third-order valence-corrected chi connectivity index (χ3v) is 5.06. The molecule has 26 heavy (non-hydrogen) atoms. The first-order chi connectivity index (χ1) is 12.7. The SMILES string of the molecule is O=C(CCc1ccc(F)cc1)N1CCCC1c1ccc2c(c1)OCCO2. The van der Waals surface area contributed by atoms with Crippen molar-refractivity contribution in [3.8, 4) is 11.5 Å². The molecule has 1 unspecified atom stereocenters. The number of aryl methyl sites for hydroxylation is 1. The summed E-state index contributed by atoms with van der Waals surface area (Å²) in [5.74, 6) is 1.43. The van der Waals surface area contributed by atoms with Crippen LogP contribution in [0.15, 0.2) is 42.5 Å². The van der Waals surface area contributed by atoms with Crippen molar-refractivity contribution >= 4 is 5.91 Å². The van der Waals surface area contributed by atoms with E-state index in [9.17, 15) is 9.18 Å². The van der Waals surface area contributed by atoms with E-state index in [4.69, 9.17) is 9.47 Å². The largest absolute Gasteiger partial charge is 0.486 e. The molecule has 4 nitrogen and oxygen atoms in total. The Morgan fingerprint density at radius 2 is 1.85 bits per heavy atom. The first-order valence-corrected chi connectivity index (χ1v) is 9.14. The van der Waals surface area contributed by atoms with Crippen molar-refractivity contribution in [2.24, 2.45) is 0 Å². The van der Waals surface area contributed by atoms with Gasteiger partial charge in [-0.2, -0.15) is 0 Å². The Bertz CT molecular complexity index is 790. The monoisotopic (exact) mass is 355 g/mol. The molecule has 0 aromatic heterocycles. The van der Waals surface area contributed by atoms with Crippen LogP contribution in [-0.4, -0.2) is 30.6 Å². The van der Waals surface area contributed by atoms with Gasteiger partial charge in [-0.05, 0) is 54.7 Å². The topological polar surface area (TPSA) is 38.8 Å². The van der Waals surface area contributed by atoms with Crippen LogP contribution in [0.3, 0.4) is 0 Å². The van der Waals surface area contributed by atoms with Crippen LogP contribution in [0.25, 0.3) is 0 Å². The molecule has 2 aromatic carbocycles. The molecular formula is C21H22FNO3. The molecule has 2 aliphatic heterocycles. The van der Waals surface area contributed by atoms with Gasteiger partial charge in [0.1, 0.15) is 19.0 Å². The van der Waals surface area contributed by atoms with Crippen LogP contribution in [0, 0.1) is 5.82 Å². The Balaban J connectivity index is 1.44. The summed E-state index contributed by atoms with van der Waals surface area (Å²) >= 11 is 0. The van der Waals surface area contributed by atoms with Gasteiger partial charge in [0.15, 0.2) is 11.5 Å². The fraction of sp³-hybridized carbons (Fsp3) is 0.381. The Hall–Kier alpha value is -2.56. The van der Waals surface area contributed by atoms with Gasteiger partial charge < -0.3 is 14.4 Å². The van der Waals surface area contributed by atoms with Crippen molar-refractivity contribution in [1.82, 2.24) is 4.90 Å². The highest BCUT2D eigenvalue weighted by molar-refractivity contribution is 5.77. The number of ether oxygens (including phenoxy) is 2. The molecule has 2 aliphatic rings. The first kappa shape index (κ1) is 16.9. The maximum Gasteiger partial charge on any atom is 0.223 e. The molecule has 0 bridgehead atoms. The number of hydrogen-bond donors (Lipinski definition) is 0. The van der Waals surface area contributed by atoms with Gasteiger partial charge in [-0.15, -0.1) is 0 Å². The summed E-state index contributed by atoms with van der Waals surface area (Å²) in [6.45, 7) is 1.91. The fourth-order valence-electron chi connectivity index (χ4n) is 3.72. The summed E-state index contributed by atoms with van der Waals surface area (Å²) < 4.78 is 24.3. The van der Waals surface area contributed by atoms with Crippen molar-refractivity contribution in [1.29, 1.82) is 0 Å². The molecule has 2 aromatic rings. The number of carbonyl (C=O) groups excluding carboxylic acids is 1. The lowest BCUT2D eigenvalue weighted by atomic mass is 10.0. The molecule has 1 fully saturated rings. The van der Waals surface area contributed by atoms with Crippen LogP contribution < -0.4 is 9.47 Å². The van der Waals surface area contributed by atoms with E-state index in [1.165, 1.54) is 12.1 Å². The van der Waals surface area contributed by atoms with Crippen molar-refractivity contribution < 1.29 is 18.7 Å². The lowest BCUT2D eigenvalue weighted by molar-refractivity contribution is -0.132. The Morgan fingerprint density at radius 3 is 2.65 bits per heavy atom. The maximum atomic E-state index is 13.0. The number of likely N-dealkylation sites (tertiary alicyclic amines) is 1. The van der Waals surface area contributed by atoms with E-state index in [-0.39, 0.29) is 17.8 Å². The van der Waals surface area contributed by atoms with Gasteiger partial charge in [0, 0.05) is 13.0 Å². The zero-order valence-corrected chi connectivity index (χ0v) is 14.6. The summed E-state index contributed by atoms with van der Waals surface area (Å²) in [4.78, 5) is 14.7. The van der Waals surface area contributed by atoms with E-state index in [0.29, 0.717) is 26.1 Å². The minimum atomic E-state index is -0.252. The van der Waals surface area contributed by atoms with Gasteiger partial charge >= 0.3 is 0 Å². The number of benzene rings is 2. The molecule has 0 N–H and O–H groups in total. The highest BCUT2D eigenvalue weighted by Crippen LogP contribution is 2.38. The quantitative estimate of drug-likeness (QED) is 0.835. The maximum absolute atomic E-state index is 13.0. The normalized spacial score (nSPS) is 18.8. The molecule has 0 aliphatic carbocycles. The van der Waals surface area contributed by atoms with E-state index in [0.717, 1.165) is 42.0 Å². The van der Waals surface area contributed by atoms with Crippen LogP contribution in [0.2, 0.25) is 0 Å². The molecule has 0 spiro atoms. The summed E-state index contributed by atoms with van der Waals surface area (Å²) in [5, 5.41) is 0. The van der Waals surface area contributed by atoms with Crippen molar-refractivity contribution in [2.75, 3.05) is 19.8 Å². The second kappa shape index (κ2) is 7.36. The predicted molar refractivity (Wildman–Crippen MR) is 95.8 cm³/mol. The number of rotatable bonds is 4. The van der Waals surface area contributed by atoms with Gasteiger partial charge in [0.25, 0.3) is 0 Å². The van der Waals surface area contributed by atoms with Gasteiger partial charge in [-0.25, -0.2) is 4.39 Å². The summed E-state index contributed by atoms with van der Waals surface area (Å²) in [7, 11) is 0. The van der Waals surface area contributed by atoms with Gasteiger partial charge in [-0.1, -0.05) is 18.2 Å². The summed E-state index contributed by atoms with van der Waals surface area (Å²) in [6.07, 6.45) is 3.03. The Labute approximate surface area is 152 Å². The molecule has 5 heteroatoms. The van der Waals surface area contributed by atoms with E-state index in [1.54, 1.807) is 12.1 Å². The molecule has 1 amide bonds. The van der Waals surface area contributed by atoms with Crippen LogP contribution in [-0.2, 0) is 11.2 Å². The number of amides is 1. The molecule has 0 saturated carbocycles. The highest BCUT2D eigenvalue weighted by Gasteiger charge is 2.30. The minimum Gasteiger partial charge on any atom is -0.486 e. The number of nitrogens with zero attached hydrogens (tertiary/aromatic N) is 1. The second-order valence-corrected chi connectivity index (χ2v) is 6.77. The van der Waals surface area contributed by atoms with Gasteiger partial charge in [0.2, 0.25) is 5.91 Å². The van der Waals surface area contributed by atoms with E-state index in [2.05, 4.69) is 0 Å². The van der Waals surface area contributed by atoms with E-state index >= 15 is 0 Å². The Kier molecular flexibility index (Phi) is 4.78. The van der Waals surface area contributed by atoms with Crippen LogP contribution in [0.4, 0.5) is 4.39 Å². The highest BCUT2D eigenvalue weighted by atomic mass is 19.1. The van der Waals surface area contributed by atoms with Crippen LogP contribution in [0.1, 0.15) is 36.4 Å². The van der Waals surface area contributed by atoms with Crippen molar-refractivity contribution in [3.63, 3.8) is 0 Å². The standard InChI is InChI=1S/C21H22FNO3/c22-17-7-3-15(4-8-17)5-10-21(24)23-11-1-2-18(23)16-6-9-19-20(14-16)26-13-12-25-19/h3-4,6-9,14,18H,1-2,5,10-13H2. The van der Waals surface area contributed by atoms with Gasteiger partial charge in [0.05, 0.1) is 6.04 Å². The third-order valence-electron chi connectivity index (χ3n) is 5.06. The van der Waals surface area contributed by atoms with E-state index in [1.807, 2.05) is 23.1 Å². The molecule has 136 valence electrons. The zero-order chi connectivity index (χ0) is 17.9. The number of carbonyl (C=O) groups is 1. The average molecular weight is 355 g/mol. The van der Waals surface area contributed by atoms with E-state index < -0.39 is 0 Å². The second-order valence-electron chi connectivity index (χ2n) is 6.77. The summed E-state index contributed by atoms with van der Waals surface area (Å²) in [6, 6.07) is 12.4. The van der Waals surface area contributed by atoms with Crippen molar-refractivity contribution in [2.45, 2.75) is 31.7 Å². The molecule has 4 rings (SSSR count). The molecule has 1 atom stereocenters. The molecule has 1 saturated heterocycles. The van der Waals surface area contributed by atoms with Gasteiger partial charge in [-0.3, -0.25) is 4.79 Å². The average Bonchev–Trinajstić information content (AvgIpc) is 3.17. The smallest absolute Gasteiger partial charge is 0.223 e. The van der Waals surface area contributed by atoms with Crippen molar-refractivity contribution in [3.05, 3.63) is 59.4 Å². The molecule has 0 radical (unpaired) electrons. The minimum absolute atomic E-state index is 0.0894. The predicted octanol–water partition coefficient (Wildman–Crippen LogP) is 3.89. The number of halogens is 1. The number of hydrogen-bond acceptors (Lipinski definition) is 3. The molecule has 2 heterocycles. The van der Waals surface area contributed by atoms with Crippen LogP contribution >= 0.6 is 0 Å². The first-order valence-electron chi connectivity index (χ1n) is 9.14. The summed E-state index contributed by atoms with van der Waals surface area (Å²) in [5.41, 5.74) is 2.08.